The normalized spacial score (nSPS) is 10.2. The van der Waals surface area contributed by atoms with Crippen LogP contribution in [0.4, 0.5) is 5.69 Å². The number of hydrogen-bond acceptors (Lipinski definition) is 5. The maximum Gasteiger partial charge on any atom is 0.316 e. The number of rotatable bonds is 5. The molecule has 6 heteroatoms. The van der Waals surface area contributed by atoms with Crippen molar-refractivity contribution in [2.24, 2.45) is 0 Å². The summed E-state index contributed by atoms with van der Waals surface area (Å²) in [5, 5.41) is 2.84. The zero-order chi connectivity index (χ0) is 16.1. The molecule has 1 N–H and O–H groups in total. The number of para-hydroxylation sites is 1. The predicted molar refractivity (Wildman–Crippen MR) is 83.6 cm³/mol. The van der Waals surface area contributed by atoms with E-state index in [1.165, 1.54) is 7.11 Å². The Morgan fingerprint density at radius 3 is 2.41 bits per heavy atom. The molecule has 1 amide bonds. The fourth-order valence-corrected chi connectivity index (χ4v) is 2.07. The first-order chi connectivity index (χ1) is 10.6. The van der Waals surface area contributed by atoms with Gasteiger partial charge in [0.2, 0.25) is 0 Å². The van der Waals surface area contributed by atoms with Gasteiger partial charge in [0.1, 0.15) is 5.75 Å². The van der Waals surface area contributed by atoms with Crippen LogP contribution >= 0.6 is 0 Å². The van der Waals surface area contributed by atoms with Gasteiger partial charge in [0, 0.05) is 0 Å². The molecule has 0 radical (unpaired) electrons. The van der Waals surface area contributed by atoms with E-state index in [4.69, 9.17) is 9.47 Å². The van der Waals surface area contributed by atoms with Gasteiger partial charge in [-0.05, 0) is 32.9 Å². The first kappa shape index (κ1) is 15.8. The maximum atomic E-state index is 12.4. The van der Waals surface area contributed by atoms with Crippen molar-refractivity contribution in [2.75, 3.05) is 19.0 Å². The number of benzene rings is 1. The number of anilines is 1. The SMILES string of the molecule is CCOc1nc(C)c(NC(=O)c2ccccc2OC)c(C)n1. The average molecular weight is 301 g/mol. The quantitative estimate of drug-likeness (QED) is 0.919. The van der Waals surface area contributed by atoms with Crippen LogP contribution in [0.1, 0.15) is 28.7 Å². The molecule has 0 fully saturated rings. The number of methoxy groups -OCH3 is 1. The Labute approximate surface area is 129 Å². The minimum absolute atomic E-state index is 0.267. The average Bonchev–Trinajstić information content (AvgIpc) is 2.51. The third-order valence-electron chi connectivity index (χ3n) is 3.11. The van der Waals surface area contributed by atoms with Crippen LogP contribution in [-0.2, 0) is 0 Å². The molecule has 0 saturated carbocycles. The van der Waals surface area contributed by atoms with Gasteiger partial charge in [-0.25, -0.2) is 0 Å². The molecule has 0 atom stereocenters. The summed E-state index contributed by atoms with van der Waals surface area (Å²) in [4.78, 5) is 20.9. The highest BCUT2D eigenvalue weighted by Crippen LogP contribution is 2.23. The molecule has 6 nitrogen and oxygen atoms in total. The Kier molecular flexibility index (Phi) is 4.93. The minimum Gasteiger partial charge on any atom is -0.496 e. The zero-order valence-corrected chi connectivity index (χ0v) is 13.1. The third-order valence-corrected chi connectivity index (χ3v) is 3.11. The molecule has 0 spiro atoms. The highest BCUT2D eigenvalue weighted by atomic mass is 16.5. The van der Waals surface area contributed by atoms with Gasteiger partial charge < -0.3 is 14.8 Å². The first-order valence-electron chi connectivity index (χ1n) is 6.99. The van der Waals surface area contributed by atoms with Crippen molar-refractivity contribution in [3.05, 3.63) is 41.2 Å². The van der Waals surface area contributed by atoms with E-state index in [1.54, 1.807) is 32.0 Å². The number of carbonyl (C=O) groups is 1. The lowest BCUT2D eigenvalue weighted by molar-refractivity contribution is 0.102. The molecular formula is C16H19N3O3. The van der Waals surface area contributed by atoms with Crippen molar-refractivity contribution in [2.45, 2.75) is 20.8 Å². The van der Waals surface area contributed by atoms with Crippen LogP contribution in [0.2, 0.25) is 0 Å². The van der Waals surface area contributed by atoms with Gasteiger partial charge in [0.15, 0.2) is 0 Å². The van der Waals surface area contributed by atoms with Crippen molar-refractivity contribution in [1.82, 2.24) is 9.97 Å². The second-order valence-electron chi connectivity index (χ2n) is 4.64. The molecule has 116 valence electrons. The van der Waals surface area contributed by atoms with Crippen LogP contribution in [-0.4, -0.2) is 29.6 Å². The fourth-order valence-electron chi connectivity index (χ4n) is 2.07. The summed E-state index contributed by atoms with van der Waals surface area (Å²) in [6, 6.07) is 7.35. The summed E-state index contributed by atoms with van der Waals surface area (Å²) < 4.78 is 10.5. The number of hydrogen-bond donors (Lipinski definition) is 1. The summed E-state index contributed by atoms with van der Waals surface area (Å²) in [5.41, 5.74) is 2.34. The second-order valence-corrected chi connectivity index (χ2v) is 4.64. The number of carbonyl (C=O) groups excluding carboxylic acids is 1. The van der Waals surface area contributed by atoms with Crippen molar-refractivity contribution in [1.29, 1.82) is 0 Å². The Balaban J connectivity index is 2.29. The number of aromatic nitrogens is 2. The van der Waals surface area contributed by atoms with E-state index >= 15 is 0 Å². The molecule has 0 bridgehead atoms. The zero-order valence-electron chi connectivity index (χ0n) is 13.1. The second kappa shape index (κ2) is 6.89. The third kappa shape index (κ3) is 3.33. The molecule has 2 rings (SSSR count). The molecule has 0 saturated heterocycles. The van der Waals surface area contributed by atoms with Crippen LogP contribution in [0.3, 0.4) is 0 Å². The van der Waals surface area contributed by atoms with Gasteiger partial charge in [-0.3, -0.25) is 4.79 Å². The largest absolute Gasteiger partial charge is 0.496 e. The monoisotopic (exact) mass is 301 g/mol. The summed E-state index contributed by atoms with van der Waals surface area (Å²) in [7, 11) is 1.53. The van der Waals surface area contributed by atoms with Crippen molar-refractivity contribution in [3.63, 3.8) is 0 Å². The standard InChI is InChI=1S/C16H19N3O3/c1-5-22-16-17-10(2)14(11(3)18-16)19-15(20)12-8-6-7-9-13(12)21-4/h6-9H,5H2,1-4H3,(H,19,20). The Morgan fingerprint density at radius 1 is 1.18 bits per heavy atom. The van der Waals surface area contributed by atoms with E-state index in [0.717, 1.165) is 0 Å². The molecule has 0 aliphatic heterocycles. The summed E-state index contributed by atoms with van der Waals surface area (Å²) in [5.74, 6) is 0.249. The molecule has 1 aromatic carbocycles. The summed E-state index contributed by atoms with van der Waals surface area (Å²) in [6.45, 7) is 5.96. The highest BCUT2D eigenvalue weighted by molar-refractivity contribution is 6.06. The maximum absolute atomic E-state index is 12.4. The lowest BCUT2D eigenvalue weighted by atomic mass is 10.1. The van der Waals surface area contributed by atoms with Crippen LogP contribution in [0.5, 0.6) is 11.8 Å². The van der Waals surface area contributed by atoms with E-state index in [9.17, 15) is 4.79 Å². The molecule has 22 heavy (non-hydrogen) atoms. The van der Waals surface area contributed by atoms with Crippen molar-refractivity contribution >= 4 is 11.6 Å². The van der Waals surface area contributed by atoms with E-state index in [-0.39, 0.29) is 5.91 Å². The number of nitrogens with one attached hydrogen (secondary N) is 1. The molecular weight excluding hydrogens is 282 g/mol. The van der Waals surface area contributed by atoms with Crippen molar-refractivity contribution < 1.29 is 14.3 Å². The molecule has 1 aromatic heterocycles. The van der Waals surface area contributed by atoms with E-state index in [1.807, 2.05) is 13.0 Å². The molecule has 0 aliphatic carbocycles. The number of nitrogens with zero attached hydrogens (tertiary/aromatic N) is 2. The Hall–Kier alpha value is -2.63. The van der Waals surface area contributed by atoms with Gasteiger partial charge in [0.25, 0.3) is 5.91 Å². The van der Waals surface area contributed by atoms with E-state index < -0.39 is 0 Å². The molecule has 0 unspecified atom stereocenters. The summed E-state index contributed by atoms with van der Waals surface area (Å²) >= 11 is 0. The highest BCUT2D eigenvalue weighted by Gasteiger charge is 2.16. The number of aryl methyl sites for hydroxylation is 2. The topological polar surface area (TPSA) is 73.3 Å². The lowest BCUT2D eigenvalue weighted by Crippen LogP contribution is -2.16. The molecule has 1 heterocycles. The van der Waals surface area contributed by atoms with E-state index in [2.05, 4.69) is 15.3 Å². The number of amides is 1. The van der Waals surface area contributed by atoms with Gasteiger partial charge in [-0.15, -0.1) is 0 Å². The van der Waals surface area contributed by atoms with Gasteiger partial charge in [0.05, 0.1) is 36.4 Å². The predicted octanol–water partition coefficient (Wildman–Crippen LogP) is 2.75. The summed E-state index contributed by atoms with van der Waals surface area (Å²) in [6.07, 6.45) is 0. The molecule has 0 aliphatic rings. The van der Waals surface area contributed by atoms with Gasteiger partial charge >= 0.3 is 6.01 Å². The van der Waals surface area contributed by atoms with Gasteiger partial charge in [-0.1, -0.05) is 12.1 Å². The lowest BCUT2D eigenvalue weighted by Gasteiger charge is -2.13. The fraction of sp³-hybridized carbons (Fsp3) is 0.312. The molecule has 2 aromatic rings. The van der Waals surface area contributed by atoms with Crippen LogP contribution in [0.25, 0.3) is 0 Å². The Bertz CT molecular complexity index is 663. The first-order valence-corrected chi connectivity index (χ1v) is 6.99. The number of ether oxygens (including phenoxy) is 2. The Morgan fingerprint density at radius 2 is 1.82 bits per heavy atom. The smallest absolute Gasteiger partial charge is 0.316 e. The van der Waals surface area contributed by atoms with Gasteiger partial charge in [-0.2, -0.15) is 9.97 Å². The van der Waals surface area contributed by atoms with Crippen molar-refractivity contribution in [3.8, 4) is 11.8 Å². The van der Waals surface area contributed by atoms with Crippen LogP contribution in [0.15, 0.2) is 24.3 Å². The van der Waals surface area contributed by atoms with Crippen LogP contribution in [0, 0.1) is 13.8 Å². The van der Waals surface area contributed by atoms with Crippen LogP contribution < -0.4 is 14.8 Å². The minimum atomic E-state index is -0.267. The van der Waals surface area contributed by atoms with E-state index in [0.29, 0.717) is 41.0 Å².